The van der Waals surface area contributed by atoms with E-state index in [1.165, 1.54) is 23.8 Å². The fourth-order valence-corrected chi connectivity index (χ4v) is 4.25. The number of anilines is 3. The van der Waals surface area contributed by atoms with Crippen molar-refractivity contribution in [3.05, 3.63) is 77.6 Å². The summed E-state index contributed by atoms with van der Waals surface area (Å²) in [5.74, 6) is -0.697. The van der Waals surface area contributed by atoms with Crippen LogP contribution in [0.3, 0.4) is 0 Å². The molecule has 0 atom stereocenters. The smallest absolute Gasteiger partial charge is 0.335 e. The molecule has 0 saturated heterocycles. The molecule has 1 aromatic heterocycles. The molecule has 7 heteroatoms. The molecule has 1 N–H and O–H groups in total. The highest BCUT2D eigenvalue weighted by molar-refractivity contribution is 5.94. The molecule has 3 aromatic carbocycles. The minimum Gasteiger partial charge on any atom is -0.478 e. The molecule has 0 spiro atoms. The fourth-order valence-electron chi connectivity index (χ4n) is 4.25. The first kappa shape index (κ1) is 20.9. The van der Waals surface area contributed by atoms with Gasteiger partial charge in [0.1, 0.15) is 11.5 Å². The molecule has 0 aliphatic carbocycles. The number of halogens is 1. The third-order valence-corrected chi connectivity index (χ3v) is 5.96. The van der Waals surface area contributed by atoms with E-state index in [4.69, 9.17) is 9.97 Å². The molecule has 166 valence electrons. The van der Waals surface area contributed by atoms with Gasteiger partial charge in [0.2, 0.25) is 0 Å². The van der Waals surface area contributed by atoms with Crippen LogP contribution >= 0.6 is 0 Å². The Bertz CT molecular complexity index is 1370. The molecule has 6 nitrogen and oxygen atoms in total. The van der Waals surface area contributed by atoms with Gasteiger partial charge < -0.3 is 14.9 Å². The van der Waals surface area contributed by atoms with Crippen LogP contribution in [0.5, 0.6) is 0 Å². The molecule has 2 heterocycles. The van der Waals surface area contributed by atoms with Crippen LogP contribution in [0.4, 0.5) is 21.6 Å². The highest BCUT2D eigenvalue weighted by Crippen LogP contribution is 2.39. The van der Waals surface area contributed by atoms with Gasteiger partial charge in [0, 0.05) is 37.6 Å². The number of aryl methyl sites for hydroxylation is 1. The predicted octanol–water partition coefficient (Wildman–Crippen LogP) is 5.28. The van der Waals surface area contributed by atoms with Crippen LogP contribution in [-0.4, -0.2) is 41.7 Å². The summed E-state index contributed by atoms with van der Waals surface area (Å²) in [6, 6.07) is 17.3. The van der Waals surface area contributed by atoms with E-state index in [1.807, 2.05) is 14.1 Å². The Labute approximate surface area is 190 Å². The number of aromatic carboxylic acids is 1. The molecule has 33 heavy (non-hydrogen) atoms. The summed E-state index contributed by atoms with van der Waals surface area (Å²) in [7, 11) is 4.04. The number of aromatic nitrogens is 2. The van der Waals surface area contributed by atoms with E-state index in [9.17, 15) is 14.3 Å². The molecule has 1 aliphatic heterocycles. The monoisotopic (exact) mass is 442 g/mol. The third-order valence-electron chi connectivity index (χ3n) is 5.96. The first-order valence-corrected chi connectivity index (χ1v) is 10.8. The van der Waals surface area contributed by atoms with Gasteiger partial charge in [-0.1, -0.05) is 0 Å². The van der Waals surface area contributed by atoms with Crippen LogP contribution < -0.4 is 9.80 Å². The van der Waals surface area contributed by atoms with Crippen molar-refractivity contribution in [2.45, 2.75) is 12.8 Å². The molecule has 1 aliphatic rings. The second-order valence-electron chi connectivity index (χ2n) is 8.37. The number of hydrogen-bond donors (Lipinski definition) is 1. The topological polar surface area (TPSA) is 69.6 Å². The Balaban J connectivity index is 1.73. The summed E-state index contributed by atoms with van der Waals surface area (Å²) in [5, 5.41) is 9.42. The first-order valence-electron chi connectivity index (χ1n) is 10.8. The Morgan fingerprint density at radius 2 is 1.79 bits per heavy atom. The molecular formula is C26H23FN4O2. The molecule has 0 radical (unpaired) electrons. The highest BCUT2D eigenvalue weighted by Gasteiger charge is 2.24. The second kappa shape index (κ2) is 8.16. The SMILES string of the molecule is CN(C)c1ccc2c(c1)CCCN2c1nc2cc(C(=O)O)ccc2nc1-c1ccc(F)cc1. The fraction of sp³-hybridized carbons (Fsp3) is 0.192. The number of rotatable bonds is 4. The van der Waals surface area contributed by atoms with Crippen molar-refractivity contribution in [1.29, 1.82) is 0 Å². The lowest BCUT2D eigenvalue weighted by Crippen LogP contribution is -2.26. The van der Waals surface area contributed by atoms with E-state index < -0.39 is 5.97 Å². The first-order chi connectivity index (χ1) is 15.9. The summed E-state index contributed by atoms with van der Waals surface area (Å²) in [6.07, 6.45) is 1.91. The summed E-state index contributed by atoms with van der Waals surface area (Å²) in [6.45, 7) is 0.751. The maximum atomic E-state index is 13.6. The molecule has 5 rings (SSSR count). The second-order valence-corrected chi connectivity index (χ2v) is 8.37. The molecular weight excluding hydrogens is 419 g/mol. The number of hydrogen-bond acceptors (Lipinski definition) is 5. The predicted molar refractivity (Wildman–Crippen MR) is 128 cm³/mol. The molecule has 0 unspecified atom stereocenters. The standard InChI is InChI=1S/C26H23FN4O2/c1-30(2)20-10-12-23-17(14-20)4-3-13-31(23)25-24(16-5-8-19(27)9-6-16)28-21-11-7-18(26(32)33)15-22(21)29-25/h5-12,14-15H,3-4,13H2,1-2H3,(H,32,33). The molecule has 0 fully saturated rings. The lowest BCUT2D eigenvalue weighted by Gasteiger charge is -2.32. The quantitative estimate of drug-likeness (QED) is 0.464. The van der Waals surface area contributed by atoms with Crippen molar-refractivity contribution in [2.24, 2.45) is 0 Å². The summed E-state index contributed by atoms with van der Waals surface area (Å²) < 4.78 is 13.6. The van der Waals surface area contributed by atoms with Gasteiger partial charge >= 0.3 is 5.97 Å². The third kappa shape index (κ3) is 3.86. The summed E-state index contributed by atoms with van der Waals surface area (Å²) in [5.41, 5.74) is 6.04. The van der Waals surface area contributed by atoms with Crippen molar-refractivity contribution in [3.63, 3.8) is 0 Å². The zero-order chi connectivity index (χ0) is 23.1. The number of fused-ring (bicyclic) bond motifs is 2. The van der Waals surface area contributed by atoms with Gasteiger partial charge in [-0.05, 0) is 79.1 Å². The van der Waals surface area contributed by atoms with Crippen LogP contribution in [0.1, 0.15) is 22.3 Å². The van der Waals surface area contributed by atoms with Crippen LogP contribution in [0.15, 0.2) is 60.7 Å². The minimum atomic E-state index is -1.01. The van der Waals surface area contributed by atoms with Crippen LogP contribution in [0.2, 0.25) is 0 Å². The Kier molecular flexibility index (Phi) is 5.17. The molecule has 0 bridgehead atoms. The van der Waals surface area contributed by atoms with Gasteiger partial charge in [-0.3, -0.25) is 0 Å². The lowest BCUT2D eigenvalue weighted by atomic mass is 10.00. The Morgan fingerprint density at radius 1 is 1.00 bits per heavy atom. The van der Waals surface area contributed by atoms with Gasteiger partial charge in [-0.2, -0.15) is 0 Å². The van der Waals surface area contributed by atoms with Crippen LogP contribution in [0.25, 0.3) is 22.3 Å². The number of nitrogens with zero attached hydrogens (tertiary/aromatic N) is 4. The van der Waals surface area contributed by atoms with Crippen molar-refractivity contribution < 1.29 is 14.3 Å². The largest absolute Gasteiger partial charge is 0.478 e. The number of benzene rings is 3. The summed E-state index contributed by atoms with van der Waals surface area (Å²) >= 11 is 0. The van der Waals surface area contributed by atoms with Gasteiger partial charge in [-0.15, -0.1) is 0 Å². The zero-order valence-electron chi connectivity index (χ0n) is 18.4. The number of carbonyl (C=O) groups is 1. The zero-order valence-corrected chi connectivity index (χ0v) is 18.4. The summed E-state index contributed by atoms with van der Waals surface area (Å²) in [4.78, 5) is 25.5. The maximum absolute atomic E-state index is 13.6. The average molecular weight is 442 g/mol. The van der Waals surface area contributed by atoms with E-state index in [0.717, 1.165) is 36.3 Å². The van der Waals surface area contributed by atoms with E-state index >= 15 is 0 Å². The van der Waals surface area contributed by atoms with Crippen LogP contribution in [-0.2, 0) is 6.42 Å². The molecule has 0 amide bonds. The van der Waals surface area contributed by atoms with E-state index in [-0.39, 0.29) is 11.4 Å². The minimum absolute atomic E-state index is 0.159. The van der Waals surface area contributed by atoms with E-state index in [1.54, 1.807) is 24.3 Å². The van der Waals surface area contributed by atoms with Crippen molar-refractivity contribution in [1.82, 2.24) is 9.97 Å². The normalized spacial score (nSPS) is 13.1. The Morgan fingerprint density at radius 3 is 2.52 bits per heavy atom. The Hall–Kier alpha value is -4.00. The van der Waals surface area contributed by atoms with E-state index in [2.05, 4.69) is 28.0 Å². The molecule has 0 saturated carbocycles. The van der Waals surface area contributed by atoms with E-state index in [0.29, 0.717) is 22.5 Å². The average Bonchev–Trinajstić information content (AvgIpc) is 2.82. The molecule has 4 aromatic rings. The van der Waals surface area contributed by atoms with Gasteiger partial charge in [0.05, 0.1) is 16.6 Å². The highest BCUT2D eigenvalue weighted by atomic mass is 19.1. The van der Waals surface area contributed by atoms with Crippen molar-refractivity contribution in [3.8, 4) is 11.3 Å². The lowest BCUT2D eigenvalue weighted by molar-refractivity contribution is 0.0697. The van der Waals surface area contributed by atoms with Gasteiger partial charge in [-0.25, -0.2) is 19.2 Å². The number of carboxylic acids is 1. The van der Waals surface area contributed by atoms with Gasteiger partial charge in [0.25, 0.3) is 0 Å². The van der Waals surface area contributed by atoms with Crippen LogP contribution in [0, 0.1) is 5.82 Å². The van der Waals surface area contributed by atoms with Gasteiger partial charge in [0.15, 0.2) is 5.82 Å². The number of carboxylic acid groups (broad SMARTS) is 1. The van der Waals surface area contributed by atoms with Crippen molar-refractivity contribution >= 4 is 34.2 Å². The maximum Gasteiger partial charge on any atom is 0.335 e. The van der Waals surface area contributed by atoms with Crippen molar-refractivity contribution in [2.75, 3.05) is 30.4 Å².